The zero-order chi connectivity index (χ0) is 27.9. The highest BCUT2D eigenvalue weighted by atomic mass is 35.5. The number of esters is 1. The van der Waals surface area contributed by atoms with Crippen molar-refractivity contribution in [2.24, 2.45) is 0 Å². The molecule has 0 saturated heterocycles. The monoisotopic (exact) mass is 577 g/mol. The molecule has 0 aliphatic carbocycles. The number of benzene rings is 3. The van der Waals surface area contributed by atoms with Gasteiger partial charge in [0.25, 0.3) is 0 Å². The summed E-state index contributed by atoms with van der Waals surface area (Å²) in [7, 11) is 1.57. The normalized spacial score (nSPS) is 12.1. The smallest absolute Gasteiger partial charge is 0.310 e. The summed E-state index contributed by atoms with van der Waals surface area (Å²) in [5, 5.41) is 14.8. The van der Waals surface area contributed by atoms with Gasteiger partial charge in [-0.05, 0) is 61.0 Å². The van der Waals surface area contributed by atoms with Crippen LogP contribution in [0.3, 0.4) is 0 Å². The molecule has 0 bridgehead atoms. The van der Waals surface area contributed by atoms with E-state index in [-0.39, 0.29) is 17.1 Å². The lowest BCUT2D eigenvalue weighted by Crippen LogP contribution is -2.11. The summed E-state index contributed by atoms with van der Waals surface area (Å²) in [5.74, 6) is 2.03. The maximum absolute atomic E-state index is 12.0. The maximum atomic E-state index is 12.0. The van der Waals surface area contributed by atoms with Crippen LogP contribution in [0.2, 0.25) is 10.0 Å². The molecular weight excluding hydrogens is 545 g/mol. The number of hydrogen-bond acceptors (Lipinski definition) is 7. The second-order valence-corrected chi connectivity index (χ2v) is 12.2. The molecule has 3 aromatic rings. The topological polar surface area (TPSA) is 77.0 Å². The lowest BCUT2D eigenvalue weighted by molar-refractivity contribution is -0.142. The van der Waals surface area contributed by atoms with Crippen molar-refractivity contribution >= 4 is 46.6 Å². The summed E-state index contributed by atoms with van der Waals surface area (Å²) < 4.78 is 17.0. The molecule has 204 valence electrons. The molecule has 6 nitrogen and oxygen atoms in total. The van der Waals surface area contributed by atoms with Gasteiger partial charge < -0.3 is 24.6 Å². The van der Waals surface area contributed by atoms with Gasteiger partial charge in [-0.15, -0.1) is 0 Å². The molecule has 3 rings (SSSR count). The summed E-state index contributed by atoms with van der Waals surface area (Å²) >= 11 is 14.0. The van der Waals surface area contributed by atoms with Gasteiger partial charge in [0.2, 0.25) is 0 Å². The molecule has 38 heavy (non-hydrogen) atoms. The number of methoxy groups -OCH3 is 1. The number of anilines is 1. The van der Waals surface area contributed by atoms with Crippen LogP contribution in [0, 0.1) is 0 Å². The van der Waals surface area contributed by atoms with Crippen molar-refractivity contribution in [3.05, 3.63) is 81.3 Å². The minimum Gasteiger partial charge on any atom is -0.493 e. The number of rotatable bonds is 11. The SMILES string of the molecule is CCOC(=O)Cc1ccc(OC)c(Oc2ccc(NC(O)c3cc(Cl)cc(Cl)c3)cc2CSC(C)(C)C)c1. The third-order valence-electron chi connectivity index (χ3n) is 5.33. The number of aliphatic hydroxyl groups is 1. The van der Waals surface area contributed by atoms with Gasteiger partial charge in [-0.2, -0.15) is 11.8 Å². The van der Waals surface area contributed by atoms with Crippen LogP contribution in [0.25, 0.3) is 0 Å². The van der Waals surface area contributed by atoms with E-state index < -0.39 is 6.23 Å². The van der Waals surface area contributed by atoms with Gasteiger partial charge in [-0.1, -0.05) is 50.0 Å². The van der Waals surface area contributed by atoms with Crippen LogP contribution in [0.5, 0.6) is 17.2 Å². The second-order valence-electron chi connectivity index (χ2n) is 9.54. The molecule has 0 aliphatic rings. The first kappa shape index (κ1) is 30.0. The van der Waals surface area contributed by atoms with Gasteiger partial charge in [-0.3, -0.25) is 4.79 Å². The van der Waals surface area contributed by atoms with E-state index in [1.54, 1.807) is 56.1 Å². The zero-order valence-electron chi connectivity index (χ0n) is 22.1. The Morgan fingerprint density at radius 3 is 2.32 bits per heavy atom. The lowest BCUT2D eigenvalue weighted by atomic mass is 10.1. The van der Waals surface area contributed by atoms with Crippen molar-refractivity contribution < 1.29 is 24.1 Å². The maximum Gasteiger partial charge on any atom is 0.310 e. The molecule has 3 aromatic carbocycles. The predicted octanol–water partition coefficient (Wildman–Crippen LogP) is 8.03. The Hall–Kier alpha value is -2.58. The number of aliphatic hydroxyl groups excluding tert-OH is 1. The Kier molecular flexibility index (Phi) is 10.6. The molecule has 0 spiro atoms. The van der Waals surface area contributed by atoms with Gasteiger partial charge in [0, 0.05) is 37.4 Å². The molecule has 0 aromatic heterocycles. The number of ether oxygens (including phenoxy) is 3. The molecule has 9 heteroatoms. The second kappa shape index (κ2) is 13.5. The van der Waals surface area contributed by atoms with Crippen LogP contribution in [-0.4, -0.2) is 29.5 Å². The Bertz CT molecular complexity index is 1240. The number of hydrogen-bond donors (Lipinski definition) is 2. The van der Waals surface area contributed by atoms with Crippen molar-refractivity contribution in [3.8, 4) is 17.2 Å². The van der Waals surface area contributed by atoms with E-state index in [9.17, 15) is 9.90 Å². The quantitative estimate of drug-likeness (QED) is 0.176. The summed E-state index contributed by atoms with van der Waals surface area (Å²) in [4.78, 5) is 12.0. The van der Waals surface area contributed by atoms with E-state index in [1.165, 1.54) is 0 Å². The number of nitrogens with one attached hydrogen (secondary N) is 1. The Balaban J connectivity index is 1.90. The van der Waals surface area contributed by atoms with Gasteiger partial charge in [0.1, 0.15) is 5.75 Å². The number of thioether (sulfide) groups is 1. The summed E-state index contributed by atoms with van der Waals surface area (Å²) in [5.41, 5.74) is 2.93. The van der Waals surface area contributed by atoms with Crippen LogP contribution in [0.4, 0.5) is 5.69 Å². The van der Waals surface area contributed by atoms with Crippen molar-refractivity contribution in [2.75, 3.05) is 19.0 Å². The number of halogens is 2. The van der Waals surface area contributed by atoms with E-state index in [0.29, 0.717) is 50.9 Å². The molecule has 2 N–H and O–H groups in total. The third-order valence-corrected chi connectivity index (χ3v) is 7.08. The molecule has 1 unspecified atom stereocenters. The van der Waals surface area contributed by atoms with Crippen LogP contribution >= 0.6 is 35.0 Å². The highest BCUT2D eigenvalue weighted by Gasteiger charge is 2.17. The molecule has 0 saturated carbocycles. The van der Waals surface area contributed by atoms with Crippen LogP contribution in [0.15, 0.2) is 54.6 Å². The molecule has 0 heterocycles. The number of carbonyl (C=O) groups is 1. The average Bonchev–Trinajstić information content (AvgIpc) is 2.83. The Morgan fingerprint density at radius 1 is 1.00 bits per heavy atom. The Morgan fingerprint density at radius 2 is 1.68 bits per heavy atom. The van der Waals surface area contributed by atoms with E-state index in [1.807, 2.05) is 24.3 Å². The molecule has 0 amide bonds. The molecule has 0 aliphatic heterocycles. The van der Waals surface area contributed by atoms with E-state index in [0.717, 1.165) is 11.1 Å². The van der Waals surface area contributed by atoms with Crippen molar-refractivity contribution in [1.29, 1.82) is 0 Å². The standard InChI is InChI=1S/C29H33Cl2NO5S/c1-6-36-27(33)12-18-7-9-25(35-5)26(11-18)37-24-10-8-23(15-20(24)17-38-29(2,3)4)32-28(34)19-13-21(30)16-22(31)14-19/h7-11,13-16,28,32,34H,6,12,17H2,1-5H3. The fourth-order valence-corrected chi connectivity index (χ4v) is 4.92. The lowest BCUT2D eigenvalue weighted by Gasteiger charge is -2.21. The van der Waals surface area contributed by atoms with Crippen LogP contribution in [0.1, 0.15) is 50.6 Å². The van der Waals surface area contributed by atoms with Crippen LogP contribution in [-0.2, 0) is 21.7 Å². The molecular formula is C29H33Cl2NO5S. The molecule has 1 atom stereocenters. The van der Waals surface area contributed by atoms with Crippen molar-refractivity contribution in [3.63, 3.8) is 0 Å². The zero-order valence-corrected chi connectivity index (χ0v) is 24.5. The molecule has 0 radical (unpaired) electrons. The fraction of sp³-hybridized carbons (Fsp3) is 0.345. The molecule has 0 fully saturated rings. The van der Waals surface area contributed by atoms with Crippen LogP contribution < -0.4 is 14.8 Å². The van der Waals surface area contributed by atoms with Gasteiger partial charge >= 0.3 is 5.97 Å². The first-order valence-corrected chi connectivity index (χ1v) is 13.9. The Labute approximate surface area is 238 Å². The fourth-order valence-electron chi connectivity index (χ4n) is 3.56. The third kappa shape index (κ3) is 9.02. The first-order valence-electron chi connectivity index (χ1n) is 12.1. The van der Waals surface area contributed by atoms with Crippen molar-refractivity contribution in [2.45, 2.75) is 50.8 Å². The average molecular weight is 579 g/mol. The minimum absolute atomic E-state index is 0.0228. The summed E-state index contributed by atoms with van der Waals surface area (Å²) in [6.07, 6.45) is -0.879. The van der Waals surface area contributed by atoms with E-state index >= 15 is 0 Å². The minimum atomic E-state index is -1.01. The largest absolute Gasteiger partial charge is 0.493 e. The predicted molar refractivity (Wildman–Crippen MR) is 156 cm³/mol. The summed E-state index contributed by atoms with van der Waals surface area (Å²) in [6.45, 7) is 8.55. The number of carbonyl (C=O) groups excluding carboxylic acids is 1. The highest BCUT2D eigenvalue weighted by Crippen LogP contribution is 2.38. The van der Waals surface area contributed by atoms with Gasteiger partial charge in [0.15, 0.2) is 17.7 Å². The van der Waals surface area contributed by atoms with Gasteiger partial charge in [0.05, 0.1) is 20.1 Å². The van der Waals surface area contributed by atoms with E-state index in [4.69, 9.17) is 37.4 Å². The highest BCUT2D eigenvalue weighted by molar-refractivity contribution is 7.99. The summed E-state index contributed by atoms with van der Waals surface area (Å²) in [6, 6.07) is 15.9. The first-order chi connectivity index (χ1) is 18.0. The van der Waals surface area contributed by atoms with Gasteiger partial charge in [-0.25, -0.2) is 0 Å². The van der Waals surface area contributed by atoms with Crippen molar-refractivity contribution in [1.82, 2.24) is 0 Å². The van der Waals surface area contributed by atoms with E-state index in [2.05, 4.69) is 26.1 Å².